The normalized spacial score (nSPS) is 11.2. The highest BCUT2D eigenvalue weighted by atomic mass is 35.5. The third kappa shape index (κ3) is 10.6. The lowest BCUT2D eigenvalue weighted by molar-refractivity contribution is -0.145. The van der Waals surface area contributed by atoms with Gasteiger partial charge in [0.05, 0.1) is 19.1 Å². The van der Waals surface area contributed by atoms with E-state index in [1.54, 1.807) is 13.0 Å². The Balaban J connectivity index is 0.000000656. The monoisotopic (exact) mass is 455 g/mol. The number of nitrogens with two attached hydrogens (primary N) is 1. The number of primary amides is 1. The first-order chi connectivity index (χ1) is 14.2. The summed E-state index contributed by atoms with van der Waals surface area (Å²) in [5.74, 6) is -0.796. The van der Waals surface area contributed by atoms with Gasteiger partial charge in [-0.1, -0.05) is 47.5 Å². The first-order valence-corrected chi connectivity index (χ1v) is 10.2. The molecule has 2 rings (SSSR count). The van der Waals surface area contributed by atoms with Gasteiger partial charge >= 0.3 is 5.97 Å². The van der Waals surface area contributed by atoms with Crippen molar-refractivity contribution in [2.75, 3.05) is 20.3 Å². The van der Waals surface area contributed by atoms with Gasteiger partial charge in [0.1, 0.15) is 6.61 Å². The highest BCUT2D eigenvalue weighted by Gasteiger charge is 2.11. The van der Waals surface area contributed by atoms with Crippen molar-refractivity contribution < 1.29 is 24.2 Å². The summed E-state index contributed by atoms with van der Waals surface area (Å²) in [6.45, 7) is 2.10. The van der Waals surface area contributed by atoms with E-state index < -0.39 is 12.0 Å². The quantitative estimate of drug-likeness (QED) is 0.556. The second-order valence-corrected chi connectivity index (χ2v) is 7.33. The van der Waals surface area contributed by atoms with Gasteiger partial charge in [-0.2, -0.15) is 0 Å². The van der Waals surface area contributed by atoms with Crippen LogP contribution in [0, 0.1) is 0 Å². The summed E-state index contributed by atoms with van der Waals surface area (Å²) in [7, 11) is 1.42. The van der Waals surface area contributed by atoms with Crippen LogP contribution in [0.15, 0.2) is 42.5 Å². The molecule has 1 unspecified atom stereocenters. The predicted molar refractivity (Wildman–Crippen MR) is 119 cm³/mol. The topological polar surface area (TPSA) is 98.8 Å². The second kappa shape index (κ2) is 14.0. The minimum Gasteiger partial charge on any atom is -0.466 e. The van der Waals surface area contributed by atoms with Gasteiger partial charge in [-0.3, -0.25) is 9.59 Å². The minimum atomic E-state index is -0.685. The molecule has 0 bridgehead atoms. The molecule has 30 heavy (non-hydrogen) atoms. The Morgan fingerprint density at radius 2 is 1.67 bits per heavy atom. The third-order valence-electron chi connectivity index (χ3n) is 3.91. The molecule has 0 aliphatic rings. The second-order valence-electron chi connectivity index (χ2n) is 6.46. The lowest BCUT2D eigenvalue weighted by atomic mass is 10.0. The summed E-state index contributed by atoms with van der Waals surface area (Å²) in [5, 5.41) is 11.1. The Labute approximate surface area is 186 Å². The number of hydrogen-bond acceptors (Lipinski definition) is 5. The van der Waals surface area contributed by atoms with Crippen LogP contribution in [-0.2, 0) is 25.5 Å². The van der Waals surface area contributed by atoms with Gasteiger partial charge in [0.15, 0.2) is 0 Å². The van der Waals surface area contributed by atoms with Crippen molar-refractivity contribution in [3.63, 3.8) is 0 Å². The number of hydrogen-bond donors (Lipinski definition) is 2. The van der Waals surface area contributed by atoms with E-state index in [0.29, 0.717) is 29.5 Å². The molecule has 0 heterocycles. The molecule has 0 aliphatic heterocycles. The van der Waals surface area contributed by atoms with Gasteiger partial charge in [0.2, 0.25) is 5.91 Å². The Hall–Kier alpha value is -2.12. The van der Waals surface area contributed by atoms with Gasteiger partial charge < -0.3 is 20.3 Å². The molecule has 2 aromatic carbocycles. The zero-order valence-electron chi connectivity index (χ0n) is 17.1. The van der Waals surface area contributed by atoms with Crippen molar-refractivity contribution in [3.05, 3.63) is 58.1 Å². The molecular weight excluding hydrogens is 429 g/mol. The van der Waals surface area contributed by atoms with Crippen LogP contribution in [0.3, 0.4) is 0 Å². The number of rotatable bonds is 9. The number of benzene rings is 2. The summed E-state index contributed by atoms with van der Waals surface area (Å²) in [5.41, 5.74) is 7.71. The highest BCUT2D eigenvalue weighted by molar-refractivity contribution is 6.35. The lowest BCUT2D eigenvalue weighted by Gasteiger charge is -2.10. The number of methoxy groups -OCH3 is 1. The van der Waals surface area contributed by atoms with Crippen molar-refractivity contribution in [2.45, 2.75) is 32.3 Å². The van der Waals surface area contributed by atoms with Gasteiger partial charge in [-0.15, -0.1) is 0 Å². The van der Waals surface area contributed by atoms with Crippen LogP contribution in [-0.4, -0.2) is 43.4 Å². The molecule has 0 aliphatic carbocycles. The van der Waals surface area contributed by atoms with Crippen molar-refractivity contribution >= 4 is 35.1 Å². The summed E-state index contributed by atoms with van der Waals surface area (Å²) in [6.07, 6.45) is 0.557. The van der Waals surface area contributed by atoms with Crippen LogP contribution in [0.2, 0.25) is 10.0 Å². The van der Waals surface area contributed by atoms with Crippen molar-refractivity contribution in [1.29, 1.82) is 0 Å². The summed E-state index contributed by atoms with van der Waals surface area (Å²) >= 11 is 12.1. The third-order valence-corrected chi connectivity index (χ3v) is 4.35. The molecule has 3 N–H and O–H groups in total. The number of aliphatic hydroxyl groups excluding tert-OH is 1. The molecule has 2 aromatic rings. The molecule has 0 fully saturated rings. The van der Waals surface area contributed by atoms with E-state index in [9.17, 15) is 14.7 Å². The van der Waals surface area contributed by atoms with Gasteiger partial charge in [-0.25, -0.2) is 0 Å². The van der Waals surface area contributed by atoms with Crippen molar-refractivity contribution in [3.8, 4) is 11.1 Å². The Kier molecular flexibility index (Phi) is 12.1. The van der Waals surface area contributed by atoms with Gasteiger partial charge in [0, 0.05) is 17.2 Å². The molecule has 8 heteroatoms. The molecular formula is C22H27Cl2NO5. The molecule has 164 valence electrons. The zero-order chi connectivity index (χ0) is 22.5. The van der Waals surface area contributed by atoms with E-state index in [4.69, 9.17) is 27.9 Å². The maximum Gasteiger partial charge on any atom is 0.308 e. The molecule has 0 aromatic heterocycles. The maximum absolute atomic E-state index is 11.3. The van der Waals surface area contributed by atoms with E-state index in [1.807, 2.05) is 36.4 Å². The first kappa shape index (κ1) is 25.9. The number of halogens is 2. The van der Waals surface area contributed by atoms with Crippen LogP contribution in [0.5, 0.6) is 0 Å². The molecule has 0 radical (unpaired) electrons. The van der Waals surface area contributed by atoms with Gasteiger partial charge in [0.25, 0.3) is 0 Å². The van der Waals surface area contributed by atoms with E-state index in [0.717, 1.165) is 16.7 Å². The molecule has 0 spiro atoms. The molecule has 1 amide bonds. The standard InChI is InChI=1S/C19H20Cl2O3.C3H7NO2/c1-2-24-19(23)12-18(22)8-5-13-3-6-14(7-4-13)15-9-16(20)11-17(21)10-15;1-6-2-3(4)5/h3-4,6-7,9-11,18,22H,2,5,8,12H2,1H3;2H2,1H3,(H2,4,5). The fourth-order valence-corrected chi connectivity index (χ4v) is 3.10. The van der Waals surface area contributed by atoms with Crippen LogP contribution < -0.4 is 5.73 Å². The van der Waals surface area contributed by atoms with Crippen LogP contribution in [0.4, 0.5) is 0 Å². The van der Waals surface area contributed by atoms with E-state index in [-0.39, 0.29) is 19.0 Å². The van der Waals surface area contributed by atoms with E-state index in [2.05, 4.69) is 10.5 Å². The van der Waals surface area contributed by atoms with Crippen molar-refractivity contribution in [1.82, 2.24) is 0 Å². The Bertz CT molecular complexity index is 791. The predicted octanol–water partition coefficient (Wildman–Crippen LogP) is 4.03. The Morgan fingerprint density at radius 1 is 1.07 bits per heavy atom. The number of amides is 1. The smallest absolute Gasteiger partial charge is 0.308 e. The summed E-state index contributed by atoms with van der Waals surface area (Å²) in [4.78, 5) is 21.0. The highest BCUT2D eigenvalue weighted by Crippen LogP contribution is 2.27. The number of esters is 1. The average Bonchev–Trinajstić information content (AvgIpc) is 2.66. The first-order valence-electron chi connectivity index (χ1n) is 9.41. The average molecular weight is 456 g/mol. The maximum atomic E-state index is 11.3. The number of aliphatic hydroxyl groups is 1. The number of carbonyl (C=O) groups excluding carboxylic acids is 2. The molecule has 0 saturated heterocycles. The molecule has 1 atom stereocenters. The Morgan fingerprint density at radius 3 is 2.13 bits per heavy atom. The van der Waals surface area contributed by atoms with Gasteiger partial charge in [-0.05, 0) is 54.7 Å². The minimum absolute atomic E-state index is 0.0139. The molecule has 0 saturated carbocycles. The fraction of sp³-hybridized carbons (Fsp3) is 0.364. The van der Waals surface area contributed by atoms with E-state index >= 15 is 0 Å². The number of ether oxygens (including phenoxy) is 2. The van der Waals surface area contributed by atoms with Crippen LogP contribution >= 0.6 is 23.2 Å². The summed E-state index contributed by atoms with van der Waals surface area (Å²) < 4.78 is 9.16. The van der Waals surface area contributed by atoms with Crippen LogP contribution in [0.25, 0.3) is 11.1 Å². The SMILES string of the molecule is CCOC(=O)CC(O)CCc1ccc(-c2cc(Cl)cc(Cl)c2)cc1.COCC(N)=O. The largest absolute Gasteiger partial charge is 0.466 e. The number of carbonyl (C=O) groups is 2. The lowest BCUT2D eigenvalue weighted by Crippen LogP contribution is -2.16. The summed E-state index contributed by atoms with van der Waals surface area (Å²) in [6, 6.07) is 13.4. The zero-order valence-corrected chi connectivity index (χ0v) is 18.6. The molecule has 6 nitrogen and oxygen atoms in total. The van der Waals surface area contributed by atoms with Crippen molar-refractivity contribution in [2.24, 2.45) is 5.73 Å². The van der Waals surface area contributed by atoms with Crippen LogP contribution in [0.1, 0.15) is 25.3 Å². The van der Waals surface area contributed by atoms with E-state index in [1.165, 1.54) is 7.11 Å². The number of aryl methyl sites for hydroxylation is 1. The fourth-order valence-electron chi connectivity index (χ4n) is 2.57.